The highest BCUT2D eigenvalue weighted by molar-refractivity contribution is 5.92. The van der Waals surface area contributed by atoms with Crippen LogP contribution in [0.3, 0.4) is 0 Å². The Morgan fingerprint density at radius 3 is 2.35 bits per heavy atom. The van der Waals surface area contributed by atoms with E-state index in [-0.39, 0.29) is 36.2 Å². The molecule has 1 aromatic rings. The molecular weight excluding hydrogens is 320 g/mol. The van der Waals surface area contributed by atoms with E-state index in [2.05, 4.69) is 10.1 Å². The first-order valence-electron chi connectivity index (χ1n) is 7.30. The van der Waals surface area contributed by atoms with Crippen molar-refractivity contribution in [1.82, 2.24) is 0 Å². The number of anilines is 1. The normalized spacial score (nSPS) is 12.5. The topological polar surface area (TPSA) is 90.6 Å². The number of benzene rings is 1. The lowest BCUT2D eigenvalue weighted by atomic mass is 10.0. The maximum atomic E-state index is 11.9. The van der Waals surface area contributed by atoms with E-state index in [0.29, 0.717) is 30.9 Å². The van der Waals surface area contributed by atoms with Crippen LogP contribution in [0.1, 0.15) is 26.7 Å². The molecule has 6 nitrogen and oxygen atoms in total. The molecule has 1 aromatic carbocycles. The molecule has 0 bridgehead atoms. The zero-order valence-electron chi connectivity index (χ0n) is 13.7. The van der Waals surface area contributed by atoms with Crippen LogP contribution in [-0.4, -0.2) is 31.6 Å². The Bertz CT molecular complexity index is 491. The lowest BCUT2D eigenvalue weighted by Crippen LogP contribution is -2.34. The van der Waals surface area contributed by atoms with Crippen LogP contribution in [0.5, 0.6) is 5.75 Å². The van der Waals surface area contributed by atoms with Crippen LogP contribution in [0, 0.1) is 5.92 Å². The number of carbonyl (C=O) groups is 2. The van der Waals surface area contributed by atoms with Crippen LogP contribution in [0.25, 0.3) is 0 Å². The number of nitrogens with two attached hydrogens (primary N) is 1. The average molecular weight is 345 g/mol. The summed E-state index contributed by atoms with van der Waals surface area (Å²) in [5, 5.41) is 2.80. The molecule has 2 atom stereocenters. The molecule has 130 valence electrons. The van der Waals surface area contributed by atoms with Crippen LogP contribution in [-0.2, 0) is 14.3 Å². The Hall–Kier alpha value is -1.79. The molecule has 2 unspecified atom stereocenters. The maximum absolute atomic E-state index is 11.9. The van der Waals surface area contributed by atoms with Gasteiger partial charge < -0.3 is 20.5 Å². The van der Waals surface area contributed by atoms with E-state index in [1.165, 1.54) is 7.11 Å². The summed E-state index contributed by atoms with van der Waals surface area (Å²) in [6.07, 6.45) is 0.927. The maximum Gasteiger partial charge on any atom is 0.305 e. The first-order valence-corrected chi connectivity index (χ1v) is 7.30. The molecule has 0 aliphatic carbocycles. The van der Waals surface area contributed by atoms with Gasteiger partial charge in [0.2, 0.25) is 5.91 Å². The van der Waals surface area contributed by atoms with Crippen molar-refractivity contribution in [1.29, 1.82) is 0 Å². The minimum absolute atomic E-state index is 0. The largest absolute Gasteiger partial charge is 0.494 e. The first-order chi connectivity index (χ1) is 10.4. The number of hydrogen-bond acceptors (Lipinski definition) is 5. The van der Waals surface area contributed by atoms with Gasteiger partial charge in [0.15, 0.2) is 0 Å². The van der Waals surface area contributed by atoms with E-state index < -0.39 is 0 Å². The number of rotatable bonds is 8. The molecular formula is C16H25ClN2O4. The summed E-state index contributed by atoms with van der Waals surface area (Å²) >= 11 is 0. The van der Waals surface area contributed by atoms with Gasteiger partial charge in [-0.3, -0.25) is 9.59 Å². The summed E-state index contributed by atoms with van der Waals surface area (Å²) in [6.45, 7) is 4.02. The third-order valence-electron chi connectivity index (χ3n) is 3.35. The van der Waals surface area contributed by atoms with Crippen molar-refractivity contribution >= 4 is 30.0 Å². The quantitative estimate of drug-likeness (QED) is 0.558. The molecule has 1 amide bonds. The predicted molar refractivity (Wildman–Crippen MR) is 91.9 cm³/mol. The number of esters is 1. The van der Waals surface area contributed by atoms with E-state index in [1.807, 2.05) is 0 Å². The lowest BCUT2D eigenvalue weighted by molar-refractivity contribution is -0.140. The summed E-state index contributed by atoms with van der Waals surface area (Å²) < 4.78 is 10.1. The highest BCUT2D eigenvalue weighted by Gasteiger charge is 2.16. The van der Waals surface area contributed by atoms with Gasteiger partial charge in [-0.05, 0) is 37.6 Å². The highest BCUT2D eigenvalue weighted by Crippen LogP contribution is 2.17. The van der Waals surface area contributed by atoms with Crippen molar-refractivity contribution in [2.24, 2.45) is 11.7 Å². The van der Waals surface area contributed by atoms with Crippen molar-refractivity contribution < 1.29 is 19.1 Å². The second-order valence-corrected chi connectivity index (χ2v) is 5.19. The fourth-order valence-electron chi connectivity index (χ4n) is 1.64. The zero-order valence-corrected chi connectivity index (χ0v) is 14.5. The summed E-state index contributed by atoms with van der Waals surface area (Å²) in [5.74, 6) is 0.0732. The zero-order chi connectivity index (χ0) is 16.5. The standard InChI is InChI=1S/C16H24N2O4.ClH/c1-11(12(2)17)16(20)18-13-6-8-14(9-7-13)22-10-4-5-15(19)21-3;/h6-9,11-12H,4-5,10,17H2,1-3H3,(H,18,20);1H. The molecule has 3 N–H and O–H groups in total. The molecule has 7 heteroatoms. The van der Waals surface area contributed by atoms with Crippen LogP contribution >= 0.6 is 12.4 Å². The van der Waals surface area contributed by atoms with E-state index in [4.69, 9.17) is 10.5 Å². The van der Waals surface area contributed by atoms with Crippen LogP contribution in [0.4, 0.5) is 5.69 Å². The number of hydrogen-bond donors (Lipinski definition) is 2. The summed E-state index contributed by atoms with van der Waals surface area (Å²) in [5.41, 5.74) is 6.39. The second kappa shape index (κ2) is 10.9. The van der Waals surface area contributed by atoms with Crippen molar-refractivity contribution in [3.63, 3.8) is 0 Å². The van der Waals surface area contributed by atoms with Crippen LogP contribution < -0.4 is 15.8 Å². The van der Waals surface area contributed by atoms with Crippen molar-refractivity contribution in [3.05, 3.63) is 24.3 Å². The Balaban J connectivity index is 0.00000484. The number of amides is 1. The summed E-state index contributed by atoms with van der Waals surface area (Å²) in [4.78, 5) is 22.8. The van der Waals surface area contributed by atoms with Gasteiger partial charge in [-0.25, -0.2) is 0 Å². The van der Waals surface area contributed by atoms with Crippen molar-refractivity contribution in [2.45, 2.75) is 32.7 Å². The van der Waals surface area contributed by atoms with Gasteiger partial charge in [-0.15, -0.1) is 12.4 Å². The Kier molecular flexibility index (Phi) is 10.0. The molecule has 0 radical (unpaired) electrons. The first kappa shape index (κ1) is 21.2. The molecule has 0 heterocycles. The molecule has 0 saturated carbocycles. The fourth-order valence-corrected chi connectivity index (χ4v) is 1.64. The molecule has 0 saturated heterocycles. The smallest absolute Gasteiger partial charge is 0.305 e. The third-order valence-corrected chi connectivity index (χ3v) is 3.35. The van der Waals surface area contributed by atoms with Gasteiger partial charge in [0.05, 0.1) is 19.6 Å². The molecule has 0 aromatic heterocycles. The number of nitrogens with one attached hydrogen (secondary N) is 1. The average Bonchev–Trinajstić information content (AvgIpc) is 2.51. The number of methoxy groups -OCH3 is 1. The van der Waals surface area contributed by atoms with Gasteiger partial charge in [0, 0.05) is 18.2 Å². The third kappa shape index (κ3) is 7.85. The van der Waals surface area contributed by atoms with Crippen molar-refractivity contribution in [2.75, 3.05) is 19.0 Å². The highest BCUT2D eigenvalue weighted by atomic mass is 35.5. The summed E-state index contributed by atoms with van der Waals surface area (Å²) in [6, 6.07) is 6.87. The number of carbonyl (C=O) groups excluding carboxylic acids is 2. The molecule has 23 heavy (non-hydrogen) atoms. The van der Waals surface area contributed by atoms with Crippen LogP contribution in [0.2, 0.25) is 0 Å². The van der Waals surface area contributed by atoms with E-state index >= 15 is 0 Å². The molecule has 1 rings (SSSR count). The van der Waals surface area contributed by atoms with Crippen LogP contribution in [0.15, 0.2) is 24.3 Å². The Labute approximate surface area is 143 Å². The molecule has 0 aliphatic heterocycles. The van der Waals surface area contributed by atoms with Gasteiger partial charge in [0.1, 0.15) is 5.75 Å². The summed E-state index contributed by atoms with van der Waals surface area (Å²) in [7, 11) is 1.36. The number of ether oxygens (including phenoxy) is 2. The monoisotopic (exact) mass is 344 g/mol. The Morgan fingerprint density at radius 1 is 1.22 bits per heavy atom. The SMILES string of the molecule is COC(=O)CCCOc1ccc(NC(=O)C(C)C(C)N)cc1.Cl. The van der Waals surface area contributed by atoms with Gasteiger partial charge in [-0.2, -0.15) is 0 Å². The van der Waals surface area contributed by atoms with Gasteiger partial charge >= 0.3 is 5.97 Å². The molecule has 0 fully saturated rings. The minimum Gasteiger partial charge on any atom is -0.494 e. The Morgan fingerprint density at radius 2 is 1.83 bits per heavy atom. The van der Waals surface area contributed by atoms with Crippen molar-refractivity contribution in [3.8, 4) is 5.75 Å². The van der Waals surface area contributed by atoms with E-state index in [9.17, 15) is 9.59 Å². The second-order valence-electron chi connectivity index (χ2n) is 5.19. The van der Waals surface area contributed by atoms with E-state index in [0.717, 1.165) is 0 Å². The van der Waals surface area contributed by atoms with E-state index in [1.54, 1.807) is 38.1 Å². The van der Waals surface area contributed by atoms with Gasteiger partial charge in [0.25, 0.3) is 0 Å². The predicted octanol–water partition coefficient (Wildman–Crippen LogP) is 2.36. The number of halogens is 1. The fraction of sp³-hybridized carbons (Fsp3) is 0.500. The molecule has 0 aliphatic rings. The minimum atomic E-state index is -0.255. The van der Waals surface area contributed by atoms with Gasteiger partial charge in [-0.1, -0.05) is 6.92 Å². The molecule has 0 spiro atoms. The lowest BCUT2D eigenvalue weighted by Gasteiger charge is -2.15.